The monoisotopic (exact) mass is 534 g/mol. The van der Waals surface area contributed by atoms with E-state index in [0.29, 0.717) is 16.3 Å². The van der Waals surface area contributed by atoms with Crippen LogP contribution < -0.4 is 4.90 Å². The minimum atomic E-state index is -1.47. The first-order valence-electron chi connectivity index (χ1n) is 12.6. The number of carbonyl (C=O) groups is 3. The molecule has 6 rings (SSSR count). The van der Waals surface area contributed by atoms with Crippen molar-refractivity contribution >= 4 is 35.1 Å². The SMILES string of the molecule is C[C@]12C=CCOC(=O)[C@H]1[C@H]1C(=O)N([C@H](CO)c3ccccc3)C3C(=O)N(c4ccccc4Cl)CC=C[C@@]31O2. The van der Waals surface area contributed by atoms with Crippen LogP contribution in [0.3, 0.4) is 0 Å². The molecule has 1 unspecified atom stereocenters. The number of ether oxygens (including phenoxy) is 2. The van der Waals surface area contributed by atoms with Gasteiger partial charge in [0.2, 0.25) is 5.91 Å². The molecule has 0 radical (unpaired) electrons. The first-order valence-corrected chi connectivity index (χ1v) is 13.0. The lowest BCUT2D eigenvalue weighted by molar-refractivity contribution is -0.157. The van der Waals surface area contributed by atoms with Gasteiger partial charge in [-0.25, -0.2) is 0 Å². The molecule has 2 fully saturated rings. The molecule has 1 spiro atoms. The lowest BCUT2D eigenvalue weighted by Crippen LogP contribution is -2.57. The molecule has 2 saturated heterocycles. The highest BCUT2D eigenvalue weighted by atomic mass is 35.5. The van der Waals surface area contributed by atoms with E-state index in [2.05, 4.69) is 0 Å². The number of nitrogens with zero attached hydrogens (tertiary/aromatic N) is 2. The Morgan fingerprint density at radius 3 is 2.47 bits per heavy atom. The molecular formula is C29H27ClN2O6. The molecule has 0 bridgehead atoms. The van der Waals surface area contributed by atoms with Crippen LogP contribution in [0.2, 0.25) is 5.02 Å². The topological polar surface area (TPSA) is 96.4 Å². The molecule has 0 saturated carbocycles. The largest absolute Gasteiger partial charge is 0.461 e. The second kappa shape index (κ2) is 9.08. The van der Waals surface area contributed by atoms with E-state index in [1.165, 1.54) is 9.80 Å². The Morgan fingerprint density at radius 1 is 1.00 bits per heavy atom. The number of hydrogen-bond acceptors (Lipinski definition) is 6. The first kappa shape index (κ1) is 24.9. The van der Waals surface area contributed by atoms with E-state index < -0.39 is 59.5 Å². The summed E-state index contributed by atoms with van der Waals surface area (Å²) in [6.07, 6.45) is 6.98. The number of amides is 2. The molecule has 2 aromatic rings. The number of anilines is 1. The van der Waals surface area contributed by atoms with E-state index in [1.807, 2.05) is 6.07 Å². The Balaban J connectivity index is 1.55. The lowest BCUT2D eigenvalue weighted by Gasteiger charge is -2.40. The van der Waals surface area contributed by atoms with Crippen molar-refractivity contribution in [3.63, 3.8) is 0 Å². The summed E-state index contributed by atoms with van der Waals surface area (Å²) in [5, 5.41) is 11.0. The van der Waals surface area contributed by atoms with Crippen molar-refractivity contribution in [3.05, 3.63) is 89.5 Å². The highest BCUT2D eigenvalue weighted by molar-refractivity contribution is 6.34. The van der Waals surface area contributed by atoms with Crippen molar-refractivity contribution in [3.8, 4) is 0 Å². The third-order valence-corrected chi connectivity index (χ3v) is 8.41. The number of fused-ring (bicyclic) bond motifs is 2. The van der Waals surface area contributed by atoms with E-state index in [-0.39, 0.29) is 13.2 Å². The molecular weight excluding hydrogens is 508 g/mol. The molecule has 4 aliphatic heterocycles. The maximum atomic E-state index is 14.5. The van der Waals surface area contributed by atoms with E-state index in [0.717, 1.165) is 0 Å². The Hall–Kier alpha value is -3.46. The minimum Gasteiger partial charge on any atom is -0.461 e. The Bertz CT molecular complexity index is 1360. The molecule has 38 heavy (non-hydrogen) atoms. The summed E-state index contributed by atoms with van der Waals surface area (Å²) < 4.78 is 12.1. The Kier molecular flexibility index (Phi) is 5.94. The number of likely N-dealkylation sites (tertiary alicyclic amines) is 1. The number of carbonyl (C=O) groups excluding carboxylic acids is 3. The van der Waals surface area contributed by atoms with Gasteiger partial charge in [0, 0.05) is 6.54 Å². The molecule has 9 heteroatoms. The first-order chi connectivity index (χ1) is 18.3. The highest BCUT2D eigenvalue weighted by Crippen LogP contribution is 2.58. The van der Waals surface area contributed by atoms with Crippen molar-refractivity contribution in [2.75, 3.05) is 24.7 Å². The molecule has 6 atom stereocenters. The normalized spacial score (nSPS) is 32.8. The fourth-order valence-electron chi connectivity index (χ4n) is 6.55. The van der Waals surface area contributed by atoms with Gasteiger partial charge in [-0.1, -0.05) is 72.3 Å². The maximum absolute atomic E-state index is 14.5. The van der Waals surface area contributed by atoms with Gasteiger partial charge in [-0.2, -0.15) is 0 Å². The van der Waals surface area contributed by atoms with Crippen molar-refractivity contribution in [2.24, 2.45) is 11.8 Å². The summed E-state index contributed by atoms with van der Waals surface area (Å²) >= 11 is 6.50. The van der Waals surface area contributed by atoms with Crippen LogP contribution in [0.25, 0.3) is 0 Å². The highest BCUT2D eigenvalue weighted by Gasteiger charge is 2.75. The number of aliphatic hydroxyl groups is 1. The van der Waals surface area contributed by atoms with Gasteiger partial charge >= 0.3 is 5.97 Å². The Labute approximate surface area is 225 Å². The Morgan fingerprint density at radius 2 is 1.74 bits per heavy atom. The van der Waals surface area contributed by atoms with E-state index in [9.17, 15) is 19.5 Å². The van der Waals surface area contributed by atoms with Gasteiger partial charge in [0.15, 0.2) is 0 Å². The zero-order chi connectivity index (χ0) is 26.7. The van der Waals surface area contributed by atoms with Gasteiger partial charge < -0.3 is 24.4 Å². The van der Waals surface area contributed by atoms with Crippen LogP contribution in [0, 0.1) is 11.8 Å². The van der Waals surface area contributed by atoms with Crippen LogP contribution in [-0.2, 0) is 23.9 Å². The summed E-state index contributed by atoms with van der Waals surface area (Å²) in [5.41, 5.74) is -1.47. The molecule has 0 aromatic heterocycles. The number of halogens is 1. The second-order valence-corrected chi connectivity index (χ2v) is 10.6. The van der Waals surface area contributed by atoms with Gasteiger partial charge in [-0.3, -0.25) is 14.4 Å². The van der Waals surface area contributed by atoms with E-state index in [1.54, 1.807) is 79.8 Å². The quantitative estimate of drug-likeness (QED) is 0.478. The standard InChI is InChI=1S/C29H27ClN2O6/c1-28-13-8-16-37-27(36)23(28)22-25(34)32(21(17-33)18-9-3-2-4-10-18)24-26(35)31(15-7-14-29(22,24)38-28)20-12-6-5-11-19(20)30/h2-14,21-24,33H,15-17H2,1H3/t21-,22+,23-,24?,28+,29+/m1/s1. The third kappa shape index (κ3) is 3.47. The fraction of sp³-hybridized carbons (Fsp3) is 0.345. The van der Waals surface area contributed by atoms with Crippen molar-refractivity contribution in [1.82, 2.24) is 4.90 Å². The van der Waals surface area contributed by atoms with Gasteiger partial charge in [0.05, 0.1) is 34.9 Å². The third-order valence-electron chi connectivity index (χ3n) is 8.09. The predicted molar refractivity (Wildman–Crippen MR) is 139 cm³/mol. The second-order valence-electron chi connectivity index (χ2n) is 10.2. The smallest absolute Gasteiger partial charge is 0.313 e. The van der Waals surface area contributed by atoms with Crippen LogP contribution in [0.4, 0.5) is 5.69 Å². The summed E-state index contributed by atoms with van der Waals surface area (Å²) in [4.78, 5) is 45.1. The maximum Gasteiger partial charge on any atom is 0.313 e. The number of benzene rings is 2. The number of hydrogen-bond donors (Lipinski definition) is 1. The van der Waals surface area contributed by atoms with Gasteiger partial charge in [-0.15, -0.1) is 0 Å². The van der Waals surface area contributed by atoms with Gasteiger partial charge in [0.1, 0.15) is 24.2 Å². The van der Waals surface area contributed by atoms with Gasteiger partial charge in [0.25, 0.3) is 5.91 Å². The van der Waals surface area contributed by atoms with Crippen molar-refractivity contribution in [2.45, 2.75) is 30.2 Å². The molecule has 2 amide bonds. The fourth-order valence-corrected chi connectivity index (χ4v) is 6.78. The van der Waals surface area contributed by atoms with Crippen molar-refractivity contribution < 1.29 is 29.0 Å². The van der Waals surface area contributed by atoms with Crippen molar-refractivity contribution in [1.29, 1.82) is 0 Å². The molecule has 0 aliphatic carbocycles. The number of rotatable bonds is 4. The van der Waals surface area contributed by atoms with Crippen LogP contribution in [0.1, 0.15) is 18.5 Å². The number of aliphatic hydroxyl groups excluding tert-OH is 1. The number of cyclic esters (lactones) is 1. The summed E-state index contributed by atoms with van der Waals surface area (Å²) in [5.74, 6) is -3.41. The lowest BCUT2D eigenvalue weighted by atomic mass is 9.75. The molecule has 8 nitrogen and oxygen atoms in total. The van der Waals surface area contributed by atoms with Gasteiger partial charge in [-0.05, 0) is 30.7 Å². The summed E-state index contributed by atoms with van der Waals surface area (Å²) in [6.45, 7) is 1.59. The van der Waals surface area contributed by atoms with E-state index in [4.69, 9.17) is 21.1 Å². The summed E-state index contributed by atoms with van der Waals surface area (Å²) in [7, 11) is 0. The molecule has 1 N–H and O–H groups in total. The average Bonchev–Trinajstić information content (AvgIpc) is 3.17. The molecule has 196 valence electrons. The zero-order valence-corrected chi connectivity index (χ0v) is 21.5. The average molecular weight is 535 g/mol. The zero-order valence-electron chi connectivity index (χ0n) is 20.7. The number of para-hydroxylation sites is 1. The van der Waals surface area contributed by atoms with E-state index >= 15 is 0 Å². The van der Waals surface area contributed by atoms with Crippen LogP contribution in [0.15, 0.2) is 78.9 Å². The molecule has 4 aliphatic rings. The van der Waals surface area contributed by atoms with Crippen LogP contribution >= 0.6 is 11.6 Å². The molecule has 4 heterocycles. The van der Waals surface area contributed by atoms with Crippen LogP contribution in [-0.4, -0.2) is 64.8 Å². The van der Waals surface area contributed by atoms with Crippen LogP contribution in [0.5, 0.6) is 0 Å². The summed E-state index contributed by atoms with van der Waals surface area (Å²) in [6, 6.07) is 14.0. The predicted octanol–water partition coefficient (Wildman–Crippen LogP) is 3.06. The minimum absolute atomic E-state index is 0.0771. The molecule has 2 aromatic carbocycles. The number of esters is 1.